The van der Waals surface area contributed by atoms with Crippen molar-refractivity contribution in [2.24, 2.45) is 0 Å². The SMILES string of the molecule is COc1ccc(C(=O)c2ccc(C=O)[nH]2)cc1C. The van der Waals surface area contributed by atoms with E-state index in [-0.39, 0.29) is 5.78 Å². The van der Waals surface area contributed by atoms with Gasteiger partial charge in [-0.1, -0.05) is 0 Å². The summed E-state index contributed by atoms with van der Waals surface area (Å²) in [5, 5.41) is 0. The summed E-state index contributed by atoms with van der Waals surface area (Å²) in [5.74, 6) is 0.598. The molecule has 0 amide bonds. The number of H-pyrrole nitrogens is 1. The molecular formula is C14H13NO3. The van der Waals surface area contributed by atoms with Crippen LogP contribution in [0.3, 0.4) is 0 Å². The summed E-state index contributed by atoms with van der Waals surface area (Å²) >= 11 is 0. The molecule has 0 atom stereocenters. The second-order valence-corrected chi connectivity index (χ2v) is 3.96. The fraction of sp³-hybridized carbons (Fsp3) is 0.143. The van der Waals surface area contributed by atoms with Gasteiger partial charge >= 0.3 is 0 Å². The van der Waals surface area contributed by atoms with Crippen LogP contribution in [0.1, 0.15) is 32.1 Å². The predicted molar refractivity (Wildman–Crippen MR) is 67.3 cm³/mol. The van der Waals surface area contributed by atoms with Crippen LogP contribution in [-0.2, 0) is 0 Å². The summed E-state index contributed by atoms with van der Waals surface area (Å²) in [4.78, 5) is 25.5. The van der Waals surface area contributed by atoms with E-state index in [1.807, 2.05) is 6.92 Å². The highest BCUT2D eigenvalue weighted by atomic mass is 16.5. The first-order valence-electron chi connectivity index (χ1n) is 5.49. The van der Waals surface area contributed by atoms with Gasteiger partial charge in [-0.2, -0.15) is 0 Å². The molecule has 0 aliphatic rings. The van der Waals surface area contributed by atoms with Crippen molar-refractivity contribution < 1.29 is 14.3 Å². The van der Waals surface area contributed by atoms with Crippen LogP contribution in [0, 0.1) is 6.92 Å². The fourth-order valence-electron chi connectivity index (χ4n) is 1.79. The van der Waals surface area contributed by atoms with Crippen LogP contribution in [0.5, 0.6) is 5.75 Å². The molecule has 0 fully saturated rings. The molecule has 1 aromatic heterocycles. The van der Waals surface area contributed by atoms with E-state index in [0.29, 0.717) is 23.2 Å². The number of hydrogen-bond donors (Lipinski definition) is 1. The topological polar surface area (TPSA) is 59.2 Å². The van der Waals surface area contributed by atoms with E-state index < -0.39 is 0 Å². The maximum Gasteiger partial charge on any atom is 0.209 e. The Morgan fingerprint density at radius 2 is 2.06 bits per heavy atom. The van der Waals surface area contributed by atoms with Gasteiger partial charge in [0.15, 0.2) is 6.29 Å². The Bertz CT molecular complexity index is 599. The van der Waals surface area contributed by atoms with Crippen LogP contribution >= 0.6 is 0 Å². The smallest absolute Gasteiger partial charge is 0.209 e. The van der Waals surface area contributed by atoms with E-state index in [9.17, 15) is 9.59 Å². The van der Waals surface area contributed by atoms with Crippen LogP contribution in [0.4, 0.5) is 0 Å². The minimum atomic E-state index is -0.145. The minimum absolute atomic E-state index is 0.145. The molecule has 0 aliphatic carbocycles. The third-order valence-corrected chi connectivity index (χ3v) is 2.74. The molecule has 1 N–H and O–H groups in total. The van der Waals surface area contributed by atoms with Crippen molar-refractivity contribution in [1.29, 1.82) is 0 Å². The average Bonchev–Trinajstić information content (AvgIpc) is 2.86. The van der Waals surface area contributed by atoms with Crippen molar-refractivity contribution in [1.82, 2.24) is 4.98 Å². The lowest BCUT2D eigenvalue weighted by atomic mass is 10.1. The van der Waals surface area contributed by atoms with Gasteiger partial charge in [0.2, 0.25) is 5.78 Å². The highest BCUT2D eigenvalue weighted by molar-refractivity contribution is 6.08. The van der Waals surface area contributed by atoms with Crippen LogP contribution in [0.25, 0.3) is 0 Å². The van der Waals surface area contributed by atoms with Crippen LogP contribution in [0.2, 0.25) is 0 Å². The molecular weight excluding hydrogens is 230 g/mol. The van der Waals surface area contributed by atoms with Gasteiger partial charge < -0.3 is 9.72 Å². The number of carbonyl (C=O) groups is 2. The van der Waals surface area contributed by atoms with E-state index in [2.05, 4.69) is 4.98 Å². The molecule has 4 heteroatoms. The Morgan fingerprint density at radius 1 is 1.28 bits per heavy atom. The highest BCUT2D eigenvalue weighted by Crippen LogP contribution is 2.20. The zero-order chi connectivity index (χ0) is 13.1. The lowest BCUT2D eigenvalue weighted by Crippen LogP contribution is -2.03. The molecule has 0 radical (unpaired) electrons. The Kier molecular flexibility index (Phi) is 3.28. The number of aryl methyl sites for hydroxylation is 1. The molecule has 18 heavy (non-hydrogen) atoms. The Balaban J connectivity index is 2.33. The maximum absolute atomic E-state index is 12.1. The van der Waals surface area contributed by atoms with Gasteiger partial charge in [-0.3, -0.25) is 9.59 Å². The molecule has 0 spiro atoms. The first-order chi connectivity index (χ1) is 8.65. The zero-order valence-corrected chi connectivity index (χ0v) is 10.2. The summed E-state index contributed by atoms with van der Waals surface area (Å²) in [7, 11) is 1.59. The lowest BCUT2D eigenvalue weighted by Gasteiger charge is -2.06. The number of rotatable bonds is 4. The van der Waals surface area contributed by atoms with Crippen molar-refractivity contribution in [2.75, 3.05) is 7.11 Å². The molecule has 0 saturated heterocycles. The van der Waals surface area contributed by atoms with Crippen molar-refractivity contribution in [3.05, 3.63) is 52.8 Å². The van der Waals surface area contributed by atoms with Gasteiger partial charge in [-0.25, -0.2) is 0 Å². The fourth-order valence-corrected chi connectivity index (χ4v) is 1.79. The quantitative estimate of drug-likeness (QED) is 0.662. The Labute approximate surface area is 105 Å². The number of methoxy groups -OCH3 is 1. The van der Waals surface area contributed by atoms with Gasteiger partial charge in [0, 0.05) is 5.56 Å². The molecule has 1 aromatic carbocycles. The molecule has 1 heterocycles. The van der Waals surface area contributed by atoms with Gasteiger partial charge in [0.1, 0.15) is 5.75 Å². The lowest BCUT2D eigenvalue weighted by molar-refractivity contribution is 0.103. The predicted octanol–water partition coefficient (Wildman–Crippen LogP) is 2.38. The van der Waals surface area contributed by atoms with Gasteiger partial charge in [-0.15, -0.1) is 0 Å². The normalized spacial score (nSPS) is 10.1. The number of aldehydes is 1. The Morgan fingerprint density at radius 3 is 2.61 bits per heavy atom. The van der Waals surface area contributed by atoms with Crippen molar-refractivity contribution in [3.8, 4) is 5.75 Å². The molecule has 0 aliphatic heterocycles. The van der Waals surface area contributed by atoms with Gasteiger partial charge in [0.25, 0.3) is 0 Å². The summed E-state index contributed by atoms with van der Waals surface area (Å²) in [6, 6.07) is 8.41. The van der Waals surface area contributed by atoms with E-state index >= 15 is 0 Å². The Hall–Kier alpha value is -2.36. The number of benzene rings is 1. The van der Waals surface area contributed by atoms with Crippen molar-refractivity contribution in [2.45, 2.75) is 6.92 Å². The van der Waals surface area contributed by atoms with Crippen LogP contribution in [0.15, 0.2) is 30.3 Å². The minimum Gasteiger partial charge on any atom is -0.496 e. The molecule has 2 aromatic rings. The number of aromatic amines is 1. The number of hydrogen-bond acceptors (Lipinski definition) is 3. The second-order valence-electron chi connectivity index (χ2n) is 3.96. The van der Waals surface area contributed by atoms with Crippen LogP contribution < -0.4 is 4.74 Å². The summed E-state index contributed by atoms with van der Waals surface area (Å²) in [5.41, 5.74) is 2.25. The summed E-state index contributed by atoms with van der Waals surface area (Å²) in [6.07, 6.45) is 0.677. The third-order valence-electron chi connectivity index (χ3n) is 2.74. The van der Waals surface area contributed by atoms with E-state index in [1.54, 1.807) is 37.4 Å². The standard InChI is InChI=1S/C14H13NO3/c1-9-7-10(3-6-13(9)18-2)14(17)12-5-4-11(8-16)15-12/h3-8,15H,1-2H3. The molecule has 4 nitrogen and oxygen atoms in total. The average molecular weight is 243 g/mol. The monoisotopic (exact) mass is 243 g/mol. The number of carbonyl (C=O) groups excluding carboxylic acids is 2. The second kappa shape index (κ2) is 4.87. The summed E-state index contributed by atoms with van der Waals surface area (Å²) in [6.45, 7) is 1.88. The number of nitrogens with one attached hydrogen (secondary N) is 1. The first-order valence-corrected chi connectivity index (χ1v) is 5.49. The third kappa shape index (κ3) is 2.18. The first kappa shape index (κ1) is 12.1. The molecule has 2 rings (SSSR count). The summed E-state index contributed by atoms with van der Waals surface area (Å²) < 4.78 is 5.14. The zero-order valence-electron chi connectivity index (χ0n) is 10.2. The number of ketones is 1. The number of ether oxygens (including phenoxy) is 1. The van der Waals surface area contributed by atoms with E-state index in [0.717, 1.165) is 11.3 Å². The van der Waals surface area contributed by atoms with Gasteiger partial charge in [0.05, 0.1) is 18.5 Å². The highest BCUT2D eigenvalue weighted by Gasteiger charge is 2.12. The molecule has 0 saturated carbocycles. The maximum atomic E-state index is 12.1. The van der Waals surface area contributed by atoms with E-state index in [1.165, 1.54) is 0 Å². The van der Waals surface area contributed by atoms with Crippen molar-refractivity contribution >= 4 is 12.1 Å². The van der Waals surface area contributed by atoms with Gasteiger partial charge in [-0.05, 0) is 42.8 Å². The number of aromatic nitrogens is 1. The van der Waals surface area contributed by atoms with E-state index in [4.69, 9.17) is 4.74 Å². The molecule has 92 valence electrons. The van der Waals surface area contributed by atoms with Crippen LogP contribution in [-0.4, -0.2) is 24.2 Å². The molecule has 0 unspecified atom stereocenters. The molecule has 0 bridgehead atoms. The van der Waals surface area contributed by atoms with Crippen molar-refractivity contribution in [3.63, 3.8) is 0 Å². The largest absolute Gasteiger partial charge is 0.496 e.